The highest BCUT2D eigenvalue weighted by Gasteiger charge is 2.40. The molecule has 5 nitrogen and oxygen atoms in total. The number of carbonyl (C=O) groups is 2. The molecule has 3 unspecified atom stereocenters. The van der Waals surface area contributed by atoms with Gasteiger partial charge in [-0.15, -0.1) is 0 Å². The quantitative estimate of drug-likeness (QED) is 0.537. The van der Waals surface area contributed by atoms with Crippen LogP contribution in [-0.2, 0) is 14.3 Å². The fraction of sp³-hybridized carbons (Fsp3) is 0.818. The maximum absolute atomic E-state index is 13.5. The lowest BCUT2D eigenvalue weighted by Crippen LogP contribution is -2.53. The van der Waals surface area contributed by atoms with Crippen LogP contribution in [0.25, 0.3) is 0 Å². The van der Waals surface area contributed by atoms with Crippen LogP contribution in [0, 0.1) is 11.8 Å². The standard InChI is InChI=1S/C22H38N2O3/c1-6-10-19(27-22(3,4)5)23-20(17-11-8-7-9-12-17)21(26)24-14-13-16(2)18(24)15-25/h10,15-18,20,23H,6-9,11-14H2,1-5H3/b19-10+. The summed E-state index contributed by atoms with van der Waals surface area (Å²) in [5, 5.41) is 3.45. The van der Waals surface area contributed by atoms with Gasteiger partial charge in [-0.2, -0.15) is 0 Å². The molecule has 154 valence electrons. The molecule has 0 aromatic rings. The van der Waals surface area contributed by atoms with E-state index in [0.29, 0.717) is 18.3 Å². The van der Waals surface area contributed by atoms with E-state index in [9.17, 15) is 9.59 Å². The van der Waals surface area contributed by atoms with Gasteiger partial charge >= 0.3 is 0 Å². The number of hydrogen-bond acceptors (Lipinski definition) is 4. The van der Waals surface area contributed by atoms with Gasteiger partial charge in [0.25, 0.3) is 0 Å². The van der Waals surface area contributed by atoms with Crippen molar-refractivity contribution in [1.82, 2.24) is 10.2 Å². The van der Waals surface area contributed by atoms with Crippen LogP contribution in [0.3, 0.4) is 0 Å². The number of likely N-dealkylation sites (tertiary alicyclic amines) is 1. The molecule has 0 aromatic heterocycles. The Morgan fingerprint density at radius 1 is 1.22 bits per heavy atom. The molecule has 0 bridgehead atoms. The third-order valence-electron chi connectivity index (χ3n) is 5.68. The van der Waals surface area contributed by atoms with Gasteiger partial charge in [-0.05, 0) is 64.4 Å². The largest absolute Gasteiger partial charge is 0.474 e. The molecule has 1 N–H and O–H groups in total. The first kappa shape index (κ1) is 21.8. The smallest absolute Gasteiger partial charge is 0.246 e. The fourth-order valence-corrected chi connectivity index (χ4v) is 4.26. The highest BCUT2D eigenvalue weighted by atomic mass is 16.5. The van der Waals surface area contributed by atoms with Crippen molar-refractivity contribution in [3.05, 3.63) is 12.0 Å². The molecule has 3 atom stereocenters. The maximum atomic E-state index is 13.5. The molecule has 1 saturated heterocycles. The van der Waals surface area contributed by atoms with Crippen LogP contribution >= 0.6 is 0 Å². The Hall–Kier alpha value is -1.52. The highest BCUT2D eigenvalue weighted by molar-refractivity contribution is 5.85. The van der Waals surface area contributed by atoms with Crippen molar-refractivity contribution in [2.24, 2.45) is 11.8 Å². The van der Waals surface area contributed by atoms with E-state index in [1.54, 1.807) is 4.90 Å². The molecule has 1 aliphatic heterocycles. The summed E-state index contributed by atoms with van der Waals surface area (Å²) in [5.74, 6) is 1.26. The predicted octanol–water partition coefficient (Wildman–Crippen LogP) is 4.03. The highest BCUT2D eigenvalue weighted by Crippen LogP contribution is 2.31. The predicted molar refractivity (Wildman–Crippen MR) is 108 cm³/mol. The average molecular weight is 379 g/mol. The van der Waals surface area contributed by atoms with Crippen molar-refractivity contribution in [1.29, 1.82) is 0 Å². The molecule has 2 fully saturated rings. The van der Waals surface area contributed by atoms with Crippen LogP contribution in [0.15, 0.2) is 12.0 Å². The zero-order chi connectivity index (χ0) is 20.0. The average Bonchev–Trinajstić information content (AvgIpc) is 2.99. The minimum Gasteiger partial charge on any atom is -0.474 e. The Morgan fingerprint density at radius 3 is 2.44 bits per heavy atom. The summed E-state index contributed by atoms with van der Waals surface area (Å²) >= 11 is 0. The summed E-state index contributed by atoms with van der Waals surface area (Å²) in [6.45, 7) is 10.8. The van der Waals surface area contributed by atoms with Gasteiger partial charge in [0.15, 0.2) is 5.88 Å². The number of carbonyl (C=O) groups excluding carboxylic acids is 2. The van der Waals surface area contributed by atoms with Crippen molar-refractivity contribution in [2.75, 3.05) is 6.54 Å². The van der Waals surface area contributed by atoms with Gasteiger partial charge in [0.1, 0.15) is 17.9 Å². The molecule has 1 heterocycles. The van der Waals surface area contributed by atoms with E-state index in [1.807, 2.05) is 26.8 Å². The summed E-state index contributed by atoms with van der Waals surface area (Å²) in [6.07, 6.45) is 10.4. The molecule has 0 radical (unpaired) electrons. The Labute approximate surface area is 164 Å². The van der Waals surface area contributed by atoms with Gasteiger partial charge in [0.2, 0.25) is 5.91 Å². The fourth-order valence-electron chi connectivity index (χ4n) is 4.26. The molecular formula is C22H38N2O3. The van der Waals surface area contributed by atoms with Crippen molar-refractivity contribution < 1.29 is 14.3 Å². The van der Waals surface area contributed by atoms with Crippen molar-refractivity contribution in [3.63, 3.8) is 0 Å². The monoisotopic (exact) mass is 378 g/mol. The minimum atomic E-state index is -0.332. The summed E-state index contributed by atoms with van der Waals surface area (Å²) in [7, 11) is 0. The number of allylic oxidation sites excluding steroid dienone is 1. The molecule has 2 rings (SSSR count). The zero-order valence-electron chi connectivity index (χ0n) is 17.8. The van der Waals surface area contributed by atoms with Crippen LogP contribution in [0.5, 0.6) is 0 Å². The van der Waals surface area contributed by atoms with Gasteiger partial charge in [-0.3, -0.25) is 4.79 Å². The van der Waals surface area contributed by atoms with E-state index in [2.05, 4.69) is 19.2 Å². The number of nitrogens with zero attached hydrogens (tertiary/aromatic N) is 1. The van der Waals surface area contributed by atoms with E-state index in [-0.39, 0.29) is 29.5 Å². The molecule has 0 spiro atoms. The van der Waals surface area contributed by atoms with Crippen molar-refractivity contribution in [2.45, 2.75) is 97.2 Å². The Morgan fingerprint density at radius 2 is 1.89 bits per heavy atom. The lowest BCUT2D eigenvalue weighted by Gasteiger charge is -2.36. The SMILES string of the molecule is CC/C=C(\NC(C(=O)N1CCC(C)C1C=O)C1CCCCC1)OC(C)(C)C. The Kier molecular flexibility index (Phi) is 7.75. The van der Waals surface area contributed by atoms with E-state index >= 15 is 0 Å². The van der Waals surface area contributed by atoms with Crippen molar-refractivity contribution >= 4 is 12.2 Å². The molecule has 1 saturated carbocycles. The number of nitrogens with one attached hydrogen (secondary N) is 1. The van der Waals surface area contributed by atoms with Gasteiger partial charge in [-0.25, -0.2) is 0 Å². The number of ether oxygens (including phenoxy) is 1. The molecule has 1 amide bonds. The van der Waals surface area contributed by atoms with Crippen molar-refractivity contribution in [3.8, 4) is 0 Å². The second-order valence-electron chi connectivity index (χ2n) is 9.14. The Balaban J connectivity index is 2.23. The maximum Gasteiger partial charge on any atom is 0.246 e. The number of rotatable bonds is 7. The lowest BCUT2D eigenvalue weighted by molar-refractivity contribution is -0.139. The van der Waals surface area contributed by atoms with Crippen LogP contribution in [0.1, 0.15) is 79.6 Å². The van der Waals surface area contributed by atoms with Gasteiger partial charge < -0.3 is 19.7 Å². The summed E-state index contributed by atoms with van der Waals surface area (Å²) in [5.41, 5.74) is -0.332. The second-order valence-corrected chi connectivity index (χ2v) is 9.14. The van der Waals surface area contributed by atoms with E-state index in [0.717, 1.165) is 44.8 Å². The molecule has 2 aliphatic rings. The first-order valence-electron chi connectivity index (χ1n) is 10.7. The third-order valence-corrected chi connectivity index (χ3v) is 5.68. The van der Waals surface area contributed by atoms with Gasteiger partial charge in [0, 0.05) is 6.54 Å². The topological polar surface area (TPSA) is 58.6 Å². The number of aldehydes is 1. The lowest BCUT2D eigenvalue weighted by atomic mass is 9.83. The molecule has 27 heavy (non-hydrogen) atoms. The van der Waals surface area contributed by atoms with Crippen LogP contribution in [0.4, 0.5) is 0 Å². The summed E-state index contributed by atoms with van der Waals surface area (Å²) in [4.78, 5) is 26.9. The second kappa shape index (κ2) is 9.61. The molecule has 0 aromatic carbocycles. The number of hydrogen-bond donors (Lipinski definition) is 1. The van der Waals surface area contributed by atoms with E-state index in [1.165, 1.54) is 6.42 Å². The van der Waals surface area contributed by atoms with Crippen LogP contribution < -0.4 is 5.32 Å². The third kappa shape index (κ3) is 5.98. The zero-order valence-corrected chi connectivity index (χ0v) is 17.8. The first-order chi connectivity index (χ1) is 12.8. The molecule has 5 heteroatoms. The van der Waals surface area contributed by atoms with Gasteiger partial charge in [0.05, 0.1) is 6.04 Å². The minimum absolute atomic E-state index is 0.0582. The summed E-state index contributed by atoms with van der Waals surface area (Å²) < 4.78 is 6.10. The van der Waals surface area contributed by atoms with Crippen LogP contribution in [-0.4, -0.2) is 41.3 Å². The molecule has 1 aliphatic carbocycles. The summed E-state index contributed by atoms with van der Waals surface area (Å²) in [6, 6.07) is -0.620. The number of amides is 1. The normalized spacial score (nSPS) is 26.0. The van der Waals surface area contributed by atoms with E-state index in [4.69, 9.17) is 4.74 Å². The van der Waals surface area contributed by atoms with Gasteiger partial charge in [-0.1, -0.05) is 33.1 Å². The van der Waals surface area contributed by atoms with E-state index < -0.39 is 0 Å². The first-order valence-corrected chi connectivity index (χ1v) is 10.7. The van der Waals surface area contributed by atoms with Crippen LogP contribution in [0.2, 0.25) is 0 Å². The Bertz CT molecular complexity index is 532. The molecular weight excluding hydrogens is 340 g/mol.